The summed E-state index contributed by atoms with van der Waals surface area (Å²) in [6, 6.07) is -0.831. The number of nitrogens with two attached hydrogens (primary N) is 1. The lowest BCUT2D eigenvalue weighted by molar-refractivity contribution is -0.146. The fourth-order valence-electron chi connectivity index (χ4n) is 2.97. The smallest absolute Gasteiger partial charge is 0.324 e. The molecule has 0 saturated carbocycles. The molecule has 0 amide bonds. The Hall–Kier alpha value is -0.700. The lowest BCUT2D eigenvalue weighted by atomic mass is 10.2. The molecule has 20 heavy (non-hydrogen) atoms. The van der Waals surface area contributed by atoms with Crippen molar-refractivity contribution in [3.63, 3.8) is 0 Å². The topological polar surface area (TPSA) is 92.9 Å². The van der Waals surface area contributed by atoms with Gasteiger partial charge in [-0.2, -0.15) is 17.0 Å². The highest BCUT2D eigenvalue weighted by atomic mass is 32.2. The number of ether oxygens (including phenoxy) is 1. The fraction of sp³-hybridized carbons (Fsp3) is 0.917. The summed E-state index contributed by atoms with van der Waals surface area (Å²) in [6.45, 7) is 3.15. The zero-order chi connectivity index (χ0) is 14.8. The third-order valence-electron chi connectivity index (χ3n) is 3.95. The molecule has 0 aromatic carbocycles. The molecule has 2 aliphatic rings. The summed E-state index contributed by atoms with van der Waals surface area (Å²) in [5, 5.41) is 0. The zero-order valence-electron chi connectivity index (χ0n) is 11.8. The first-order chi connectivity index (χ1) is 9.52. The first-order valence-corrected chi connectivity index (χ1v) is 8.57. The summed E-state index contributed by atoms with van der Waals surface area (Å²) >= 11 is 0. The van der Waals surface area contributed by atoms with E-state index in [1.807, 2.05) is 0 Å². The number of esters is 1. The predicted octanol–water partition coefficient (Wildman–Crippen LogP) is -0.318. The fourth-order valence-corrected chi connectivity index (χ4v) is 5.04. The molecule has 2 unspecified atom stereocenters. The van der Waals surface area contributed by atoms with Gasteiger partial charge in [-0.25, -0.2) is 0 Å². The van der Waals surface area contributed by atoms with E-state index in [0.717, 1.165) is 12.8 Å². The number of rotatable bonds is 5. The van der Waals surface area contributed by atoms with Gasteiger partial charge in [-0.15, -0.1) is 0 Å². The summed E-state index contributed by atoms with van der Waals surface area (Å²) in [5.74, 6) is -0.447. The van der Waals surface area contributed by atoms with Crippen molar-refractivity contribution in [2.75, 3.05) is 26.2 Å². The second-order valence-electron chi connectivity index (χ2n) is 5.17. The molecule has 2 aliphatic heterocycles. The number of carbonyl (C=O) groups is 1. The van der Waals surface area contributed by atoms with Crippen LogP contribution in [0.3, 0.4) is 0 Å². The molecule has 2 heterocycles. The molecule has 2 fully saturated rings. The molecule has 0 spiro atoms. The Kier molecular flexibility index (Phi) is 5.00. The summed E-state index contributed by atoms with van der Waals surface area (Å²) in [7, 11) is -3.63. The Bertz CT molecular complexity index is 454. The summed E-state index contributed by atoms with van der Waals surface area (Å²) < 4.78 is 33.1. The monoisotopic (exact) mass is 305 g/mol. The van der Waals surface area contributed by atoms with Crippen molar-refractivity contribution in [2.45, 2.75) is 44.7 Å². The maximum Gasteiger partial charge on any atom is 0.324 e. The van der Waals surface area contributed by atoms with Crippen molar-refractivity contribution < 1.29 is 17.9 Å². The summed E-state index contributed by atoms with van der Waals surface area (Å²) in [4.78, 5) is 11.9. The van der Waals surface area contributed by atoms with E-state index >= 15 is 0 Å². The molecule has 0 radical (unpaired) electrons. The molecule has 2 saturated heterocycles. The molecule has 0 aliphatic carbocycles. The molecule has 2 N–H and O–H groups in total. The van der Waals surface area contributed by atoms with Gasteiger partial charge in [0.2, 0.25) is 0 Å². The van der Waals surface area contributed by atoms with Crippen LogP contribution < -0.4 is 5.73 Å². The Morgan fingerprint density at radius 3 is 2.55 bits per heavy atom. The molecule has 0 aromatic rings. The van der Waals surface area contributed by atoms with Crippen LogP contribution in [0, 0.1) is 0 Å². The van der Waals surface area contributed by atoms with Crippen LogP contribution in [0.1, 0.15) is 32.6 Å². The van der Waals surface area contributed by atoms with E-state index in [1.165, 1.54) is 8.61 Å². The molecular weight excluding hydrogens is 282 g/mol. The van der Waals surface area contributed by atoms with Gasteiger partial charge in [-0.05, 0) is 32.6 Å². The molecular formula is C12H23N3O4S. The van der Waals surface area contributed by atoms with Crippen molar-refractivity contribution in [1.29, 1.82) is 0 Å². The standard InChI is InChI=1S/C12H23N3O4S/c1-2-19-12(16)11-6-4-8-15(11)20(17,18)14-7-3-5-10(14)9-13/h10-11H,2-9,13H2,1H3. The third-order valence-corrected chi connectivity index (χ3v) is 6.05. The summed E-state index contributed by atoms with van der Waals surface area (Å²) in [5.41, 5.74) is 5.65. The van der Waals surface area contributed by atoms with Crippen LogP contribution in [0.2, 0.25) is 0 Å². The minimum Gasteiger partial charge on any atom is -0.465 e. The molecule has 8 heteroatoms. The normalized spacial score (nSPS) is 28.9. The molecule has 0 aromatic heterocycles. The zero-order valence-corrected chi connectivity index (χ0v) is 12.6. The van der Waals surface area contributed by atoms with E-state index in [4.69, 9.17) is 10.5 Å². The van der Waals surface area contributed by atoms with Gasteiger partial charge < -0.3 is 10.5 Å². The van der Waals surface area contributed by atoms with Crippen molar-refractivity contribution in [2.24, 2.45) is 5.73 Å². The maximum absolute atomic E-state index is 12.7. The van der Waals surface area contributed by atoms with Gasteiger partial charge >= 0.3 is 5.97 Å². The van der Waals surface area contributed by atoms with Crippen molar-refractivity contribution >= 4 is 16.2 Å². The lowest BCUT2D eigenvalue weighted by Gasteiger charge is -2.30. The van der Waals surface area contributed by atoms with Crippen LogP contribution in [-0.2, 0) is 19.7 Å². The predicted molar refractivity (Wildman–Crippen MR) is 74.1 cm³/mol. The van der Waals surface area contributed by atoms with Crippen molar-refractivity contribution in [3.8, 4) is 0 Å². The molecule has 116 valence electrons. The number of hydrogen-bond donors (Lipinski definition) is 1. The van der Waals surface area contributed by atoms with E-state index in [0.29, 0.717) is 32.5 Å². The van der Waals surface area contributed by atoms with Crippen LogP contribution in [0.15, 0.2) is 0 Å². The van der Waals surface area contributed by atoms with Crippen LogP contribution in [0.4, 0.5) is 0 Å². The van der Waals surface area contributed by atoms with E-state index in [9.17, 15) is 13.2 Å². The van der Waals surface area contributed by atoms with Crippen LogP contribution in [0.5, 0.6) is 0 Å². The van der Waals surface area contributed by atoms with E-state index < -0.39 is 22.2 Å². The number of carbonyl (C=O) groups excluding carboxylic acids is 1. The van der Waals surface area contributed by atoms with E-state index in [1.54, 1.807) is 6.92 Å². The highest BCUT2D eigenvalue weighted by molar-refractivity contribution is 7.86. The first-order valence-electron chi connectivity index (χ1n) is 7.17. The lowest BCUT2D eigenvalue weighted by Crippen LogP contribution is -2.51. The SMILES string of the molecule is CCOC(=O)C1CCCN1S(=O)(=O)N1CCCC1CN. The summed E-state index contributed by atoms with van der Waals surface area (Å²) in [6.07, 6.45) is 2.82. The Labute approximate surface area is 120 Å². The Morgan fingerprint density at radius 1 is 1.25 bits per heavy atom. The molecule has 7 nitrogen and oxygen atoms in total. The molecule has 2 atom stereocenters. The van der Waals surface area contributed by atoms with Gasteiger partial charge in [0.05, 0.1) is 6.61 Å². The largest absolute Gasteiger partial charge is 0.465 e. The average molecular weight is 305 g/mol. The van der Waals surface area contributed by atoms with Crippen LogP contribution in [-0.4, -0.2) is 61.3 Å². The Morgan fingerprint density at radius 2 is 1.90 bits per heavy atom. The Balaban J connectivity index is 2.17. The van der Waals surface area contributed by atoms with Gasteiger partial charge in [0.25, 0.3) is 10.2 Å². The second-order valence-corrected chi connectivity index (χ2v) is 7.00. The number of nitrogens with zero attached hydrogens (tertiary/aromatic N) is 2. The van der Waals surface area contributed by atoms with Gasteiger partial charge in [-0.1, -0.05) is 0 Å². The van der Waals surface area contributed by atoms with Crippen LogP contribution in [0.25, 0.3) is 0 Å². The highest BCUT2D eigenvalue weighted by Crippen LogP contribution is 2.29. The van der Waals surface area contributed by atoms with Gasteiger partial charge in [0, 0.05) is 25.7 Å². The van der Waals surface area contributed by atoms with E-state index in [-0.39, 0.29) is 12.6 Å². The van der Waals surface area contributed by atoms with E-state index in [2.05, 4.69) is 0 Å². The highest BCUT2D eigenvalue weighted by Gasteiger charge is 2.45. The average Bonchev–Trinajstić information content (AvgIpc) is 3.08. The third kappa shape index (κ3) is 2.83. The van der Waals surface area contributed by atoms with Gasteiger partial charge in [0.1, 0.15) is 6.04 Å². The van der Waals surface area contributed by atoms with Gasteiger partial charge in [-0.3, -0.25) is 4.79 Å². The van der Waals surface area contributed by atoms with Crippen LogP contribution >= 0.6 is 0 Å². The maximum atomic E-state index is 12.7. The molecule has 2 rings (SSSR count). The first kappa shape index (κ1) is 15.7. The molecule has 0 bridgehead atoms. The van der Waals surface area contributed by atoms with Gasteiger partial charge in [0.15, 0.2) is 0 Å². The van der Waals surface area contributed by atoms with Crippen molar-refractivity contribution in [1.82, 2.24) is 8.61 Å². The quantitative estimate of drug-likeness (QED) is 0.703. The minimum atomic E-state index is -3.63. The van der Waals surface area contributed by atoms with Crippen molar-refractivity contribution in [3.05, 3.63) is 0 Å². The number of hydrogen-bond acceptors (Lipinski definition) is 5. The minimum absolute atomic E-state index is 0.150. The second kappa shape index (κ2) is 6.38.